The summed E-state index contributed by atoms with van der Waals surface area (Å²) in [5.74, 6) is -0.388. The van der Waals surface area contributed by atoms with Crippen molar-refractivity contribution in [2.45, 2.75) is 122 Å². The lowest BCUT2D eigenvalue weighted by molar-refractivity contribution is -0.147. The first-order chi connectivity index (χ1) is 19.5. The molecule has 4 rings (SSSR count). The molecule has 0 heterocycles. The molecule has 2 N–H and O–H groups in total. The Hall–Kier alpha value is -3.35. The zero-order chi connectivity index (χ0) is 29.6. The van der Waals surface area contributed by atoms with Gasteiger partial charge in [-0.15, -0.1) is 0 Å². The van der Waals surface area contributed by atoms with Crippen LogP contribution in [0, 0.1) is 13.8 Å². The Morgan fingerprint density at radius 2 is 1.51 bits per heavy atom. The van der Waals surface area contributed by atoms with Crippen molar-refractivity contribution >= 4 is 17.9 Å². The smallest absolute Gasteiger partial charge is 0.408 e. The summed E-state index contributed by atoms with van der Waals surface area (Å²) in [6.07, 6.45) is 7.62. The molecule has 2 unspecified atom stereocenters. The van der Waals surface area contributed by atoms with E-state index in [1.54, 1.807) is 25.7 Å². The Bertz CT molecular complexity index is 1180. The number of rotatable bonds is 9. The first kappa shape index (κ1) is 30.6. The van der Waals surface area contributed by atoms with Crippen LogP contribution in [-0.2, 0) is 20.7 Å². The van der Waals surface area contributed by atoms with E-state index in [-0.39, 0.29) is 23.9 Å². The summed E-state index contributed by atoms with van der Waals surface area (Å²) < 4.78 is 5.57. The average Bonchev–Trinajstić information content (AvgIpc) is 2.88. The van der Waals surface area contributed by atoms with Gasteiger partial charge in [-0.25, -0.2) is 4.79 Å². The lowest BCUT2D eigenvalue weighted by Gasteiger charge is -2.44. The molecule has 0 spiro atoms. The number of hydrogen-bond acceptors (Lipinski definition) is 4. The molecule has 7 heteroatoms. The van der Waals surface area contributed by atoms with Gasteiger partial charge in [-0.05, 0) is 89.0 Å². The van der Waals surface area contributed by atoms with E-state index in [1.165, 1.54) is 6.42 Å². The topological polar surface area (TPSA) is 87.7 Å². The van der Waals surface area contributed by atoms with Crippen LogP contribution in [0.3, 0.4) is 0 Å². The minimum Gasteiger partial charge on any atom is -0.444 e. The van der Waals surface area contributed by atoms with E-state index in [9.17, 15) is 14.4 Å². The fourth-order valence-corrected chi connectivity index (χ4v) is 6.04. The highest BCUT2D eigenvalue weighted by molar-refractivity contribution is 5.93. The predicted octanol–water partition coefficient (Wildman–Crippen LogP) is 6.31. The largest absolute Gasteiger partial charge is 0.444 e. The maximum absolute atomic E-state index is 14.7. The molecule has 2 atom stereocenters. The molecule has 2 saturated carbocycles. The monoisotopic (exact) mass is 561 g/mol. The van der Waals surface area contributed by atoms with Gasteiger partial charge in [-0.3, -0.25) is 9.59 Å². The van der Waals surface area contributed by atoms with E-state index < -0.39 is 23.8 Å². The number of alkyl carbamates (subject to hydrolysis) is 1. The third kappa shape index (κ3) is 8.11. The summed E-state index contributed by atoms with van der Waals surface area (Å²) in [5.41, 5.74) is 3.04. The quantitative estimate of drug-likeness (QED) is 0.376. The normalized spacial score (nSPS) is 17.6. The van der Waals surface area contributed by atoms with Gasteiger partial charge in [0.1, 0.15) is 17.7 Å². The second kappa shape index (κ2) is 13.5. The van der Waals surface area contributed by atoms with Gasteiger partial charge in [0.15, 0.2) is 0 Å². The zero-order valence-electron chi connectivity index (χ0n) is 25.4. The number of benzene rings is 2. The van der Waals surface area contributed by atoms with Crippen molar-refractivity contribution in [2.75, 3.05) is 0 Å². The number of carbonyl (C=O) groups excluding carboxylic acids is 3. The zero-order valence-corrected chi connectivity index (χ0v) is 25.4. The number of aryl methyl sites for hydroxylation is 2. The van der Waals surface area contributed by atoms with Crippen LogP contribution in [0.15, 0.2) is 48.5 Å². The Morgan fingerprint density at radius 1 is 0.878 bits per heavy atom. The van der Waals surface area contributed by atoms with Gasteiger partial charge >= 0.3 is 6.09 Å². The van der Waals surface area contributed by atoms with Crippen molar-refractivity contribution in [2.24, 2.45) is 0 Å². The Balaban J connectivity index is 1.74. The second-order valence-electron chi connectivity index (χ2n) is 12.8. The summed E-state index contributed by atoms with van der Waals surface area (Å²) in [7, 11) is 0. The number of hydrogen-bond donors (Lipinski definition) is 2. The number of nitrogens with one attached hydrogen (secondary N) is 2. The van der Waals surface area contributed by atoms with E-state index in [0.29, 0.717) is 6.42 Å². The Labute approximate surface area is 245 Å². The fraction of sp³-hybridized carbons (Fsp3) is 0.559. The van der Waals surface area contributed by atoms with Crippen molar-refractivity contribution in [3.05, 3.63) is 70.8 Å². The maximum atomic E-state index is 14.7. The number of carbonyl (C=O) groups is 3. The highest BCUT2D eigenvalue weighted by Crippen LogP contribution is 2.36. The molecule has 2 aliphatic carbocycles. The third-order valence-electron chi connectivity index (χ3n) is 8.29. The van der Waals surface area contributed by atoms with Crippen LogP contribution in [0.4, 0.5) is 4.79 Å². The van der Waals surface area contributed by atoms with Gasteiger partial charge in [-0.2, -0.15) is 0 Å². The molecular formula is C34H47N3O4. The van der Waals surface area contributed by atoms with Crippen LogP contribution in [-0.4, -0.2) is 46.5 Å². The number of ether oxygens (including phenoxy) is 1. The minimum absolute atomic E-state index is 0.0812. The Kier molecular flexibility index (Phi) is 10.1. The van der Waals surface area contributed by atoms with E-state index in [0.717, 1.165) is 67.2 Å². The Morgan fingerprint density at radius 3 is 2.07 bits per heavy atom. The van der Waals surface area contributed by atoms with Gasteiger partial charge in [0.05, 0.1) is 0 Å². The summed E-state index contributed by atoms with van der Waals surface area (Å²) in [6, 6.07) is 14.0. The fourth-order valence-electron chi connectivity index (χ4n) is 6.04. The lowest BCUT2D eigenvalue weighted by Crippen LogP contribution is -2.58. The molecule has 222 valence electrons. The summed E-state index contributed by atoms with van der Waals surface area (Å²) in [5, 5.41) is 6.20. The SMILES string of the molecule is Cc1cccc(C)c1C(C(=O)NC1CCCCC1)N(C(=O)C(Cc1ccccc1)NC(=O)OC(C)(C)C)C1CCC1. The number of nitrogens with zero attached hydrogens (tertiary/aromatic N) is 1. The molecule has 0 aliphatic heterocycles. The van der Waals surface area contributed by atoms with Crippen molar-refractivity contribution in [1.82, 2.24) is 15.5 Å². The molecule has 2 aromatic rings. The van der Waals surface area contributed by atoms with E-state index in [2.05, 4.69) is 10.6 Å². The second-order valence-corrected chi connectivity index (χ2v) is 12.8. The van der Waals surface area contributed by atoms with Gasteiger partial charge in [0.2, 0.25) is 11.8 Å². The van der Waals surface area contributed by atoms with E-state index in [1.807, 2.05) is 62.4 Å². The molecule has 2 aliphatic rings. The minimum atomic E-state index is -0.887. The first-order valence-electron chi connectivity index (χ1n) is 15.3. The number of amides is 3. The van der Waals surface area contributed by atoms with Gasteiger partial charge in [-0.1, -0.05) is 67.8 Å². The third-order valence-corrected chi connectivity index (χ3v) is 8.29. The van der Waals surface area contributed by atoms with Crippen LogP contribution in [0.5, 0.6) is 0 Å². The summed E-state index contributed by atoms with van der Waals surface area (Å²) >= 11 is 0. The van der Waals surface area contributed by atoms with Crippen molar-refractivity contribution in [3.63, 3.8) is 0 Å². The van der Waals surface area contributed by atoms with Crippen LogP contribution >= 0.6 is 0 Å². The van der Waals surface area contributed by atoms with Crippen molar-refractivity contribution < 1.29 is 19.1 Å². The first-order valence-corrected chi connectivity index (χ1v) is 15.3. The standard InChI is InChI=1S/C34H47N3O4/c1-23-14-12-15-24(2)29(23)30(31(38)35-26-18-10-7-11-19-26)37(27-20-13-21-27)32(39)28(22-25-16-8-6-9-17-25)36-33(40)41-34(3,4)5/h6,8-9,12,14-17,26-28,30H,7,10-11,13,18-22H2,1-5H3,(H,35,38)(H,36,40). The van der Waals surface area contributed by atoms with Crippen LogP contribution in [0.25, 0.3) is 0 Å². The molecule has 0 saturated heterocycles. The van der Waals surface area contributed by atoms with Gasteiger partial charge in [0, 0.05) is 18.5 Å². The van der Waals surface area contributed by atoms with E-state index >= 15 is 0 Å². The summed E-state index contributed by atoms with van der Waals surface area (Å²) in [4.78, 5) is 43.8. The van der Waals surface area contributed by atoms with Crippen LogP contribution < -0.4 is 10.6 Å². The van der Waals surface area contributed by atoms with Crippen LogP contribution in [0.2, 0.25) is 0 Å². The molecule has 0 aromatic heterocycles. The molecule has 7 nitrogen and oxygen atoms in total. The molecule has 0 bridgehead atoms. The molecule has 3 amide bonds. The van der Waals surface area contributed by atoms with Crippen molar-refractivity contribution in [1.29, 1.82) is 0 Å². The average molecular weight is 562 g/mol. The molecule has 2 aromatic carbocycles. The molecular weight excluding hydrogens is 514 g/mol. The van der Waals surface area contributed by atoms with Gasteiger partial charge in [0.25, 0.3) is 0 Å². The highest BCUT2D eigenvalue weighted by Gasteiger charge is 2.43. The molecule has 0 radical (unpaired) electrons. The molecule has 41 heavy (non-hydrogen) atoms. The predicted molar refractivity (Wildman–Crippen MR) is 161 cm³/mol. The highest BCUT2D eigenvalue weighted by atomic mass is 16.6. The van der Waals surface area contributed by atoms with Gasteiger partial charge < -0.3 is 20.3 Å². The lowest BCUT2D eigenvalue weighted by atomic mass is 9.85. The van der Waals surface area contributed by atoms with Crippen LogP contribution in [0.1, 0.15) is 100 Å². The maximum Gasteiger partial charge on any atom is 0.408 e. The van der Waals surface area contributed by atoms with Crippen molar-refractivity contribution in [3.8, 4) is 0 Å². The van der Waals surface area contributed by atoms with E-state index in [4.69, 9.17) is 4.74 Å². The summed E-state index contributed by atoms with van der Waals surface area (Å²) in [6.45, 7) is 9.41. The molecule has 2 fully saturated rings.